The van der Waals surface area contributed by atoms with Gasteiger partial charge in [-0.3, -0.25) is 4.79 Å². The summed E-state index contributed by atoms with van der Waals surface area (Å²) in [6, 6.07) is 7.37. The number of imidazole rings is 1. The van der Waals surface area contributed by atoms with E-state index in [1.807, 2.05) is 30.3 Å². The normalized spacial score (nSPS) is 13.3. The van der Waals surface area contributed by atoms with Crippen molar-refractivity contribution in [1.82, 2.24) is 15.3 Å². The van der Waals surface area contributed by atoms with Crippen LogP contribution in [-0.2, 0) is 16.0 Å². The Labute approximate surface area is 127 Å². The van der Waals surface area contributed by atoms with Gasteiger partial charge in [-0.15, -0.1) is 0 Å². The average molecular weight is 302 g/mol. The van der Waals surface area contributed by atoms with Crippen LogP contribution in [0, 0.1) is 0 Å². The summed E-state index contributed by atoms with van der Waals surface area (Å²) in [4.78, 5) is 29.9. The van der Waals surface area contributed by atoms with Gasteiger partial charge in [-0.2, -0.15) is 0 Å². The van der Waals surface area contributed by atoms with E-state index in [9.17, 15) is 14.7 Å². The third kappa shape index (κ3) is 4.16. The van der Waals surface area contributed by atoms with Crippen molar-refractivity contribution in [2.75, 3.05) is 0 Å². The lowest BCUT2D eigenvalue weighted by atomic mass is 10.1. The fourth-order valence-corrected chi connectivity index (χ4v) is 2.08. The molecule has 2 aromatic rings. The van der Waals surface area contributed by atoms with Crippen LogP contribution in [0.25, 0.3) is 0 Å². The fourth-order valence-electron chi connectivity index (χ4n) is 2.08. The Morgan fingerprint density at radius 1 is 1.32 bits per heavy atom. The van der Waals surface area contributed by atoms with Gasteiger partial charge in [0, 0.05) is 12.6 Å². The molecule has 0 fully saturated rings. The molecule has 0 spiro atoms. The smallest absolute Gasteiger partial charge is 0.328 e. The molecule has 1 amide bonds. The van der Waals surface area contributed by atoms with Crippen molar-refractivity contribution in [3.8, 4) is 0 Å². The second kappa shape index (κ2) is 7.37. The SMILES string of the molecule is N[C@H](c1c[nH]cn1)[C@@H](NC(=O)CCc1ccccc1)C(=O)O. The van der Waals surface area contributed by atoms with Gasteiger partial charge in [0.2, 0.25) is 5.91 Å². The third-order valence-electron chi connectivity index (χ3n) is 3.29. The van der Waals surface area contributed by atoms with Crippen molar-refractivity contribution in [3.63, 3.8) is 0 Å². The first-order valence-electron chi connectivity index (χ1n) is 6.88. The van der Waals surface area contributed by atoms with Gasteiger partial charge >= 0.3 is 5.97 Å². The van der Waals surface area contributed by atoms with E-state index in [0.29, 0.717) is 12.1 Å². The lowest BCUT2D eigenvalue weighted by Gasteiger charge is -2.19. The van der Waals surface area contributed by atoms with Gasteiger partial charge in [-0.05, 0) is 12.0 Å². The van der Waals surface area contributed by atoms with E-state index in [4.69, 9.17) is 5.73 Å². The number of aromatic amines is 1. The maximum absolute atomic E-state index is 11.9. The number of amides is 1. The molecule has 0 radical (unpaired) electrons. The van der Waals surface area contributed by atoms with Crippen LogP contribution in [0.3, 0.4) is 0 Å². The van der Waals surface area contributed by atoms with Crippen LogP contribution in [0.15, 0.2) is 42.9 Å². The average Bonchev–Trinajstić information content (AvgIpc) is 3.05. The Kier molecular flexibility index (Phi) is 5.26. The van der Waals surface area contributed by atoms with Crippen molar-refractivity contribution >= 4 is 11.9 Å². The molecule has 116 valence electrons. The second-order valence-corrected chi connectivity index (χ2v) is 4.89. The van der Waals surface area contributed by atoms with Crippen LogP contribution < -0.4 is 11.1 Å². The Hall–Kier alpha value is -2.67. The molecule has 7 heteroatoms. The van der Waals surface area contributed by atoms with Crippen molar-refractivity contribution in [2.24, 2.45) is 5.73 Å². The highest BCUT2D eigenvalue weighted by Crippen LogP contribution is 2.11. The van der Waals surface area contributed by atoms with Gasteiger partial charge in [0.05, 0.1) is 18.1 Å². The number of carbonyl (C=O) groups is 2. The molecular weight excluding hydrogens is 284 g/mol. The summed E-state index contributed by atoms with van der Waals surface area (Å²) in [5.41, 5.74) is 7.26. The molecule has 0 saturated carbocycles. The van der Waals surface area contributed by atoms with Gasteiger partial charge in [0.15, 0.2) is 0 Å². The zero-order chi connectivity index (χ0) is 15.9. The van der Waals surface area contributed by atoms with E-state index in [0.717, 1.165) is 5.56 Å². The zero-order valence-electron chi connectivity index (χ0n) is 11.9. The quantitative estimate of drug-likeness (QED) is 0.597. The predicted molar refractivity (Wildman–Crippen MR) is 79.8 cm³/mol. The number of aromatic nitrogens is 2. The zero-order valence-corrected chi connectivity index (χ0v) is 11.9. The Morgan fingerprint density at radius 3 is 2.64 bits per heavy atom. The molecule has 7 nitrogen and oxygen atoms in total. The Morgan fingerprint density at radius 2 is 2.05 bits per heavy atom. The van der Waals surface area contributed by atoms with E-state index < -0.39 is 18.1 Å². The topological polar surface area (TPSA) is 121 Å². The van der Waals surface area contributed by atoms with Crippen molar-refractivity contribution in [2.45, 2.75) is 24.9 Å². The molecule has 1 aromatic heterocycles. The van der Waals surface area contributed by atoms with E-state index in [-0.39, 0.29) is 12.3 Å². The molecule has 1 heterocycles. The maximum Gasteiger partial charge on any atom is 0.328 e. The largest absolute Gasteiger partial charge is 0.480 e. The summed E-state index contributed by atoms with van der Waals surface area (Å²) in [5, 5.41) is 11.7. The van der Waals surface area contributed by atoms with Gasteiger partial charge in [0.1, 0.15) is 6.04 Å². The van der Waals surface area contributed by atoms with Crippen LogP contribution in [0.2, 0.25) is 0 Å². The number of nitrogens with zero attached hydrogens (tertiary/aromatic N) is 1. The molecule has 2 atom stereocenters. The minimum absolute atomic E-state index is 0.196. The lowest BCUT2D eigenvalue weighted by molar-refractivity contribution is -0.142. The maximum atomic E-state index is 11.9. The van der Waals surface area contributed by atoms with Gasteiger partial charge in [-0.25, -0.2) is 9.78 Å². The first kappa shape index (κ1) is 15.7. The minimum Gasteiger partial charge on any atom is -0.480 e. The number of nitrogens with one attached hydrogen (secondary N) is 2. The van der Waals surface area contributed by atoms with Crippen LogP contribution in [0.5, 0.6) is 0 Å². The van der Waals surface area contributed by atoms with Crippen molar-refractivity contribution in [1.29, 1.82) is 0 Å². The molecule has 0 aliphatic heterocycles. The van der Waals surface area contributed by atoms with Crippen LogP contribution in [-0.4, -0.2) is 33.0 Å². The number of nitrogens with two attached hydrogens (primary N) is 1. The number of aryl methyl sites for hydroxylation is 1. The number of benzene rings is 1. The summed E-state index contributed by atoms with van der Waals surface area (Å²) in [5.74, 6) is -1.55. The molecule has 0 bridgehead atoms. The van der Waals surface area contributed by atoms with Gasteiger partial charge in [0.25, 0.3) is 0 Å². The molecule has 5 N–H and O–H groups in total. The third-order valence-corrected chi connectivity index (χ3v) is 3.29. The Balaban J connectivity index is 1.93. The van der Waals surface area contributed by atoms with E-state index >= 15 is 0 Å². The first-order valence-corrected chi connectivity index (χ1v) is 6.88. The Bertz CT molecular complexity index is 613. The number of carbonyl (C=O) groups excluding carboxylic acids is 1. The van der Waals surface area contributed by atoms with Gasteiger partial charge < -0.3 is 21.1 Å². The molecule has 2 rings (SSSR count). The lowest BCUT2D eigenvalue weighted by Crippen LogP contribution is -2.48. The predicted octanol–water partition coefficient (Wildman–Crippen LogP) is 0.612. The second-order valence-electron chi connectivity index (χ2n) is 4.89. The van der Waals surface area contributed by atoms with Gasteiger partial charge in [-0.1, -0.05) is 30.3 Å². The molecule has 0 unspecified atom stereocenters. The molecular formula is C15H18N4O3. The van der Waals surface area contributed by atoms with Crippen LogP contribution >= 0.6 is 0 Å². The number of carboxylic acid groups (broad SMARTS) is 1. The molecule has 0 aliphatic rings. The number of hydrogen-bond donors (Lipinski definition) is 4. The number of rotatable bonds is 7. The summed E-state index contributed by atoms with van der Waals surface area (Å²) in [6.07, 6.45) is 3.65. The van der Waals surface area contributed by atoms with Crippen molar-refractivity contribution in [3.05, 3.63) is 54.1 Å². The highest BCUT2D eigenvalue weighted by Gasteiger charge is 2.29. The van der Waals surface area contributed by atoms with E-state index in [2.05, 4.69) is 15.3 Å². The molecule has 1 aromatic carbocycles. The fraction of sp³-hybridized carbons (Fsp3) is 0.267. The number of H-pyrrole nitrogens is 1. The summed E-state index contributed by atoms with van der Waals surface area (Å²) in [7, 11) is 0. The first-order chi connectivity index (χ1) is 10.6. The summed E-state index contributed by atoms with van der Waals surface area (Å²) >= 11 is 0. The standard InChI is InChI=1S/C15H18N4O3/c16-13(11-8-17-9-18-11)14(15(21)22)19-12(20)7-6-10-4-2-1-3-5-10/h1-5,8-9,13-14H,6-7,16H2,(H,17,18)(H,19,20)(H,21,22)/t13-,14-/m1/s1. The highest BCUT2D eigenvalue weighted by molar-refractivity contribution is 5.84. The number of carboxylic acids is 1. The highest BCUT2D eigenvalue weighted by atomic mass is 16.4. The summed E-state index contributed by atoms with van der Waals surface area (Å²) in [6.45, 7) is 0. The van der Waals surface area contributed by atoms with Crippen LogP contribution in [0.4, 0.5) is 0 Å². The van der Waals surface area contributed by atoms with Crippen LogP contribution in [0.1, 0.15) is 23.7 Å². The molecule has 0 saturated heterocycles. The van der Waals surface area contributed by atoms with E-state index in [1.54, 1.807) is 0 Å². The number of aliphatic carboxylic acids is 1. The summed E-state index contributed by atoms with van der Waals surface area (Å²) < 4.78 is 0. The van der Waals surface area contributed by atoms with E-state index in [1.165, 1.54) is 12.5 Å². The monoisotopic (exact) mass is 302 g/mol. The molecule has 0 aliphatic carbocycles. The van der Waals surface area contributed by atoms with Crippen molar-refractivity contribution < 1.29 is 14.7 Å². The number of hydrogen-bond acceptors (Lipinski definition) is 4. The molecule has 22 heavy (non-hydrogen) atoms. The minimum atomic E-state index is -1.22.